The molecule has 6 nitrogen and oxygen atoms in total. The molecule has 1 saturated heterocycles. The summed E-state index contributed by atoms with van der Waals surface area (Å²) < 4.78 is 33.8. The van der Waals surface area contributed by atoms with Gasteiger partial charge in [0.2, 0.25) is 10.4 Å². The van der Waals surface area contributed by atoms with Gasteiger partial charge in [-0.15, -0.1) is 6.42 Å². The fourth-order valence-electron chi connectivity index (χ4n) is 1.95. The van der Waals surface area contributed by atoms with Crippen molar-refractivity contribution in [2.75, 3.05) is 12.3 Å². The predicted octanol–water partition coefficient (Wildman–Crippen LogP) is -0.0740. The smallest absolute Gasteiger partial charge is 0.243 e. The quantitative estimate of drug-likeness (QED) is 0.523. The Morgan fingerprint density at radius 3 is 2.90 bits per heavy atom. The Balaban J connectivity index is 2.55. The van der Waals surface area contributed by atoms with Crippen LogP contribution in [0.2, 0.25) is 0 Å². The number of halogens is 2. The molecule has 0 saturated carbocycles. The van der Waals surface area contributed by atoms with E-state index in [-0.39, 0.29) is 4.77 Å². The zero-order valence-corrected chi connectivity index (χ0v) is 10.8. The van der Waals surface area contributed by atoms with Gasteiger partial charge in [0, 0.05) is 6.20 Å². The highest BCUT2D eigenvalue weighted by molar-refractivity contribution is 7.71. The topological polar surface area (TPSA) is 93.5 Å². The van der Waals surface area contributed by atoms with Crippen molar-refractivity contribution in [3.8, 4) is 12.3 Å². The van der Waals surface area contributed by atoms with Crippen LogP contribution in [0.5, 0.6) is 0 Å². The summed E-state index contributed by atoms with van der Waals surface area (Å²) in [6.45, 7) is -0.663. The van der Waals surface area contributed by atoms with E-state index in [0.717, 1.165) is 10.8 Å². The van der Waals surface area contributed by atoms with Crippen molar-refractivity contribution in [2.24, 2.45) is 0 Å². The fourth-order valence-corrected chi connectivity index (χ4v) is 2.20. The van der Waals surface area contributed by atoms with Crippen LogP contribution < -0.4 is 5.73 Å². The van der Waals surface area contributed by atoms with Crippen LogP contribution in [0.15, 0.2) is 6.20 Å². The van der Waals surface area contributed by atoms with Gasteiger partial charge in [-0.25, -0.2) is 8.78 Å². The molecule has 20 heavy (non-hydrogen) atoms. The lowest BCUT2D eigenvalue weighted by molar-refractivity contribution is -0.0537. The maximum absolute atomic E-state index is 14.7. The van der Waals surface area contributed by atoms with Crippen LogP contribution in [0.4, 0.5) is 14.6 Å². The van der Waals surface area contributed by atoms with E-state index in [9.17, 15) is 13.9 Å². The second kappa shape index (κ2) is 5.06. The monoisotopic (exact) mass is 303 g/mol. The highest BCUT2D eigenvalue weighted by Gasteiger charge is 2.57. The van der Waals surface area contributed by atoms with Crippen molar-refractivity contribution in [3.05, 3.63) is 16.8 Å². The van der Waals surface area contributed by atoms with Crippen molar-refractivity contribution in [3.63, 3.8) is 0 Å². The van der Waals surface area contributed by atoms with Crippen LogP contribution in [0, 0.1) is 22.9 Å². The summed E-state index contributed by atoms with van der Waals surface area (Å²) in [5.74, 6) is 0.371. The molecule has 4 unspecified atom stereocenters. The van der Waals surface area contributed by atoms with Crippen LogP contribution in [-0.2, 0) is 4.74 Å². The number of aliphatic hydroxyl groups excluding tert-OH is 2. The third kappa shape index (κ3) is 2.06. The minimum absolute atomic E-state index is 0.267. The molecule has 1 aliphatic heterocycles. The number of terminal acetylenes is 1. The molecule has 0 spiro atoms. The number of hydrogen-bond donors (Lipinski definition) is 3. The maximum Gasteiger partial charge on any atom is 0.243 e. The van der Waals surface area contributed by atoms with Gasteiger partial charge in [0.05, 0.1) is 6.61 Å². The molecule has 4 atom stereocenters. The molecule has 9 heteroatoms. The zero-order valence-electron chi connectivity index (χ0n) is 10.0. The fraction of sp³-hybridized carbons (Fsp3) is 0.455. The summed E-state index contributed by atoms with van der Waals surface area (Å²) in [5.41, 5.74) is 2.55. The van der Waals surface area contributed by atoms with E-state index < -0.39 is 42.3 Å². The predicted molar refractivity (Wildman–Crippen MR) is 67.1 cm³/mol. The minimum Gasteiger partial charge on any atom is -0.394 e. The molecule has 0 radical (unpaired) electrons. The van der Waals surface area contributed by atoms with Crippen molar-refractivity contribution in [1.82, 2.24) is 9.55 Å². The maximum atomic E-state index is 14.7. The van der Waals surface area contributed by atoms with Gasteiger partial charge < -0.3 is 20.7 Å². The van der Waals surface area contributed by atoms with Gasteiger partial charge in [0.25, 0.3) is 0 Å². The number of aliphatic hydroxyl groups is 2. The summed E-state index contributed by atoms with van der Waals surface area (Å²) in [7, 11) is 0. The average Bonchev–Trinajstić information content (AvgIpc) is 2.67. The van der Waals surface area contributed by atoms with E-state index in [1.165, 1.54) is 0 Å². The van der Waals surface area contributed by atoms with Crippen molar-refractivity contribution in [1.29, 1.82) is 0 Å². The Labute approximate surface area is 117 Å². The lowest BCUT2D eigenvalue weighted by Gasteiger charge is -2.24. The van der Waals surface area contributed by atoms with Gasteiger partial charge >= 0.3 is 0 Å². The second-order valence-corrected chi connectivity index (χ2v) is 4.60. The molecule has 2 rings (SSSR count). The lowest BCUT2D eigenvalue weighted by Crippen LogP contribution is -2.42. The summed E-state index contributed by atoms with van der Waals surface area (Å²) in [6.07, 6.45) is 1.21. The van der Waals surface area contributed by atoms with Gasteiger partial charge in [-0.1, -0.05) is 5.92 Å². The number of nitrogen functional groups attached to an aromatic ring is 1. The first-order valence-electron chi connectivity index (χ1n) is 5.50. The molecule has 1 aliphatic rings. The molecule has 1 aromatic heterocycles. The average molecular weight is 303 g/mol. The number of alkyl halides is 1. The normalized spacial score (nSPS) is 33.0. The Hall–Kier alpha value is -1.60. The summed E-state index contributed by atoms with van der Waals surface area (Å²) in [6, 6.07) is 0. The molecular formula is C11H11F2N3O3S. The molecule has 0 aromatic carbocycles. The number of rotatable bonds is 2. The molecule has 0 amide bonds. The molecule has 0 aliphatic carbocycles. The first kappa shape index (κ1) is 14.8. The molecule has 1 aromatic rings. The highest BCUT2D eigenvalue weighted by atomic mass is 32.1. The summed E-state index contributed by atoms with van der Waals surface area (Å²) in [5, 5.41) is 18.8. The highest BCUT2D eigenvalue weighted by Crippen LogP contribution is 2.41. The van der Waals surface area contributed by atoms with Crippen LogP contribution >= 0.6 is 12.2 Å². The number of aromatic nitrogens is 2. The van der Waals surface area contributed by atoms with Crippen molar-refractivity contribution < 1.29 is 23.7 Å². The van der Waals surface area contributed by atoms with Crippen molar-refractivity contribution >= 4 is 18.0 Å². The van der Waals surface area contributed by atoms with Gasteiger partial charge in [0.1, 0.15) is 12.2 Å². The Bertz CT molecular complexity index is 632. The van der Waals surface area contributed by atoms with Gasteiger partial charge in [-0.2, -0.15) is 4.98 Å². The molecule has 108 valence electrons. The van der Waals surface area contributed by atoms with E-state index >= 15 is 0 Å². The van der Waals surface area contributed by atoms with Crippen molar-refractivity contribution in [2.45, 2.75) is 24.1 Å². The summed E-state index contributed by atoms with van der Waals surface area (Å²) in [4.78, 5) is 3.51. The van der Waals surface area contributed by atoms with Crippen LogP contribution in [-0.4, -0.2) is 44.2 Å². The lowest BCUT2D eigenvalue weighted by atomic mass is 9.97. The second-order valence-electron chi connectivity index (χ2n) is 4.23. The molecule has 2 heterocycles. The summed E-state index contributed by atoms with van der Waals surface area (Å²) >= 11 is 4.85. The van der Waals surface area contributed by atoms with E-state index in [4.69, 9.17) is 34.2 Å². The largest absolute Gasteiger partial charge is 0.394 e. The van der Waals surface area contributed by atoms with E-state index in [0.29, 0.717) is 0 Å². The minimum atomic E-state index is -2.68. The molecule has 1 fully saturated rings. The third-order valence-electron chi connectivity index (χ3n) is 3.03. The molecular weight excluding hydrogens is 292 g/mol. The number of nitrogens with two attached hydrogens (primary N) is 1. The number of hydrogen-bond acceptors (Lipinski definition) is 6. The first-order valence-corrected chi connectivity index (χ1v) is 5.91. The number of anilines is 1. The van der Waals surface area contributed by atoms with E-state index in [2.05, 4.69) is 4.98 Å². The van der Waals surface area contributed by atoms with Gasteiger partial charge in [-0.3, -0.25) is 4.57 Å². The number of ether oxygens (including phenoxy) is 1. The Morgan fingerprint density at radius 1 is 1.70 bits per heavy atom. The molecule has 4 N–H and O–H groups in total. The SMILES string of the molecule is C#CC1(F)C(O)C(CO)OC1n1cc(F)c(N)nc1=S. The van der Waals surface area contributed by atoms with Gasteiger partial charge in [0.15, 0.2) is 17.9 Å². The Morgan fingerprint density at radius 2 is 2.35 bits per heavy atom. The Kier molecular flexibility index (Phi) is 3.75. The first-order chi connectivity index (χ1) is 9.35. The van der Waals surface area contributed by atoms with Crippen LogP contribution in [0.1, 0.15) is 6.23 Å². The third-order valence-corrected chi connectivity index (χ3v) is 3.34. The standard InChI is InChI=1S/C11H11F2N3O3S/c1-2-11(13)7(18)6(4-17)19-9(11)16-3-5(12)8(14)15-10(16)20/h1,3,6-7,9,17-18H,4H2,(H2,14,15,20). The van der Waals surface area contributed by atoms with Crippen LogP contribution in [0.3, 0.4) is 0 Å². The van der Waals surface area contributed by atoms with Gasteiger partial charge in [-0.05, 0) is 12.2 Å². The zero-order chi connectivity index (χ0) is 15.1. The molecule has 0 bridgehead atoms. The van der Waals surface area contributed by atoms with E-state index in [1.54, 1.807) is 5.92 Å². The van der Waals surface area contributed by atoms with Crippen LogP contribution in [0.25, 0.3) is 0 Å². The van der Waals surface area contributed by atoms with E-state index in [1.807, 2.05) is 0 Å². The number of nitrogens with zero attached hydrogens (tertiary/aromatic N) is 2.